The lowest BCUT2D eigenvalue weighted by Gasteiger charge is -2.34. The molecule has 3 rings (SSSR count). The maximum Gasteiger partial charge on any atom is 0.319 e. The highest BCUT2D eigenvalue weighted by atomic mass is 16.6. The van der Waals surface area contributed by atoms with Crippen molar-refractivity contribution in [3.8, 4) is 0 Å². The minimum Gasteiger partial charge on any atom is -0.500 e. The van der Waals surface area contributed by atoms with Crippen molar-refractivity contribution in [1.82, 2.24) is 4.90 Å². The van der Waals surface area contributed by atoms with Crippen molar-refractivity contribution in [3.63, 3.8) is 0 Å². The van der Waals surface area contributed by atoms with E-state index in [0.717, 1.165) is 5.56 Å². The average molecular weight is 343 g/mol. The summed E-state index contributed by atoms with van der Waals surface area (Å²) in [5, 5.41) is 0. The second-order valence-electron chi connectivity index (χ2n) is 7.83. The molecule has 25 heavy (non-hydrogen) atoms. The number of nitrogens with zero attached hydrogens (tertiary/aromatic N) is 1. The zero-order valence-electron chi connectivity index (χ0n) is 15.2. The first-order valence-electron chi connectivity index (χ1n) is 8.62. The number of esters is 1. The number of carbonyl (C=O) groups is 2. The maximum absolute atomic E-state index is 13.0. The van der Waals surface area contributed by atoms with Gasteiger partial charge < -0.3 is 14.4 Å². The Morgan fingerprint density at radius 1 is 1.32 bits per heavy atom. The number of fused-ring (bicyclic) bond motifs is 1. The summed E-state index contributed by atoms with van der Waals surface area (Å²) in [6, 6.07) is 9.71. The molecule has 1 saturated heterocycles. The third kappa shape index (κ3) is 3.15. The van der Waals surface area contributed by atoms with Gasteiger partial charge >= 0.3 is 5.97 Å². The van der Waals surface area contributed by atoms with Crippen LogP contribution in [0.1, 0.15) is 39.3 Å². The minimum absolute atomic E-state index is 0.0539. The van der Waals surface area contributed by atoms with Crippen LogP contribution in [0, 0.1) is 11.3 Å². The van der Waals surface area contributed by atoms with Crippen molar-refractivity contribution in [2.45, 2.75) is 39.3 Å². The molecule has 0 spiro atoms. The van der Waals surface area contributed by atoms with E-state index in [-0.39, 0.29) is 24.5 Å². The molecule has 0 aliphatic carbocycles. The fourth-order valence-corrected chi connectivity index (χ4v) is 3.50. The second kappa shape index (κ2) is 6.21. The number of hydrogen-bond acceptors (Lipinski definition) is 4. The van der Waals surface area contributed by atoms with Crippen molar-refractivity contribution in [2.24, 2.45) is 11.3 Å². The lowest BCUT2D eigenvalue weighted by Crippen LogP contribution is -2.47. The number of rotatable bonds is 3. The number of ether oxygens (including phenoxy) is 2. The first-order valence-corrected chi connectivity index (χ1v) is 8.62. The Hall–Kier alpha value is -2.30. The standard InChI is InChI=1S/C20H25NO4/c1-14(15-8-6-5-7-9-15)21-12-20(18(23)25-19(2,3)4)13-24-11-10-16(20)17(21)22/h5-11,14,16H,12-13H2,1-4H3/t14-,16-,20?/m1/s1. The molecule has 2 heterocycles. The summed E-state index contributed by atoms with van der Waals surface area (Å²) in [6.45, 7) is 7.93. The molecule has 0 bridgehead atoms. The summed E-state index contributed by atoms with van der Waals surface area (Å²) >= 11 is 0. The van der Waals surface area contributed by atoms with Crippen LogP contribution in [0.25, 0.3) is 0 Å². The monoisotopic (exact) mass is 343 g/mol. The summed E-state index contributed by atoms with van der Waals surface area (Å²) in [7, 11) is 0. The van der Waals surface area contributed by atoms with E-state index in [1.807, 2.05) is 58.0 Å². The molecule has 1 unspecified atom stereocenters. The van der Waals surface area contributed by atoms with Gasteiger partial charge in [0, 0.05) is 6.54 Å². The fraction of sp³-hybridized carbons (Fsp3) is 0.500. The first kappa shape index (κ1) is 17.5. The Bertz CT molecular complexity index is 691. The molecule has 0 saturated carbocycles. The molecule has 2 aliphatic rings. The maximum atomic E-state index is 13.0. The van der Waals surface area contributed by atoms with Crippen LogP contribution in [0.5, 0.6) is 0 Å². The van der Waals surface area contributed by atoms with E-state index < -0.39 is 16.9 Å². The van der Waals surface area contributed by atoms with Crippen molar-refractivity contribution >= 4 is 11.9 Å². The Balaban J connectivity index is 1.92. The van der Waals surface area contributed by atoms with Crippen LogP contribution in [-0.2, 0) is 19.1 Å². The zero-order valence-corrected chi connectivity index (χ0v) is 15.2. The smallest absolute Gasteiger partial charge is 0.319 e. The van der Waals surface area contributed by atoms with E-state index in [1.165, 1.54) is 6.26 Å². The molecule has 1 aromatic rings. The van der Waals surface area contributed by atoms with Crippen LogP contribution in [0.15, 0.2) is 42.7 Å². The first-order chi connectivity index (χ1) is 11.7. The van der Waals surface area contributed by atoms with Gasteiger partial charge in [-0.3, -0.25) is 9.59 Å². The van der Waals surface area contributed by atoms with Gasteiger partial charge in [-0.2, -0.15) is 0 Å². The largest absolute Gasteiger partial charge is 0.500 e. The molecule has 0 N–H and O–H groups in total. The molecule has 1 amide bonds. The van der Waals surface area contributed by atoms with E-state index in [1.54, 1.807) is 11.0 Å². The van der Waals surface area contributed by atoms with E-state index in [0.29, 0.717) is 6.54 Å². The molecule has 1 aromatic carbocycles. The number of hydrogen-bond donors (Lipinski definition) is 0. The summed E-state index contributed by atoms with van der Waals surface area (Å²) in [5.74, 6) is -0.963. The van der Waals surface area contributed by atoms with Crippen LogP contribution in [0.4, 0.5) is 0 Å². The number of likely N-dealkylation sites (tertiary alicyclic amines) is 1. The Morgan fingerprint density at radius 3 is 2.64 bits per heavy atom. The van der Waals surface area contributed by atoms with E-state index in [9.17, 15) is 9.59 Å². The molecule has 2 aliphatic heterocycles. The zero-order chi connectivity index (χ0) is 18.2. The predicted molar refractivity (Wildman–Crippen MR) is 93.4 cm³/mol. The summed E-state index contributed by atoms with van der Waals surface area (Å²) in [4.78, 5) is 27.8. The highest BCUT2D eigenvalue weighted by Crippen LogP contribution is 2.45. The SMILES string of the molecule is C[C@H](c1ccccc1)N1CC2(C(=O)OC(C)(C)C)COC=C[C@@H]2C1=O. The third-order valence-electron chi connectivity index (χ3n) is 4.86. The Labute approximate surface area is 148 Å². The molecular weight excluding hydrogens is 318 g/mol. The number of carbonyl (C=O) groups excluding carboxylic acids is 2. The molecule has 5 heteroatoms. The van der Waals surface area contributed by atoms with Crippen molar-refractivity contribution < 1.29 is 19.1 Å². The highest BCUT2D eigenvalue weighted by Gasteiger charge is 2.60. The van der Waals surface area contributed by atoms with Gasteiger partial charge in [-0.25, -0.2) is 0 Å². The van der Waals surface area contributed by atoms with Crippen molar-refractivity contribution in [3.05, 3.63) is 48.2 Å². The number of benzene rings is 1. The van der Waals surface area contributed by atoms with Crippen LogP contribution >= 0.6 is 0 Å². The predicted octanol–water partition coefficient (Wildman–Crippen LogP) is 3.08. The van der Waals surface area contributed by atoms with E-state index >= 15 is 0 Å². The van der Waals surface area contributed by atoms with Gasteiger partial charge in [-0.1, -0.05) is 30.3 Å². The third-order valence-corrected chi connectivity index (χ3v) is 4.86. The van der Waals surface area contributed by atoms with Crippen LogP contribution < -0.4 is 0 Å². The van der Waals surface area contributed by atoms with E-state index in [2.05, 4.69) is 0 Å². The van der Waals surface area contributed by atoms with Gasteiger partial charge in [0.25, 0.3) is 0 Å². The molecule has 5 nitrogen and oxygen atoms in total. The summed E-state index contributed by atoms with van der Waals surface area (Å²) in [6.07, 6.45) is 3.20. The highest BCUT2D eigenvalue weighted by molar-refractivity contribution is 5.94. The average Bonchev–Trinajstić information content (AvgIpc) is 2.88. The van der Waals surface area contributed by atoms with Crippen LogP contribution in [0.3, 0.4) is 0 Å². The van der Waals surface area contributed by atoms with Gasteiger partial charge in [-0.15, -0.1) is 0 Å². The lowest BCUT2D eigenvalue weighted by atomic mass is 9.77. The van der Waals surface area contributed by atoms with Crippen molar-refractivity contribution in [2.75, 3.05) is 13.2 Å². The minimum atomic E-state index is -0.984. The Morgan fingerprint density at radius 2 is 2.00 bits per heavy atom. The van der Waals surface area contributed by atoms with Gasteiger partial charge in [0.2, 0.25) is 5.91 Å². The normalized spacial score (nSPS) is 26.8. The van der Waals surface area contributed by atoms with Crippen LogP contribution in [0.2, 0.25) is 0 Å². The second-order valence-corrected chi connectivity index (χ2v) is 7.83. The summed E-state index contributed by atoms with van der Waals surface area (Å²) in [5.41, 5.74) is -0.556. The molecule has 1 fully saturated rings. The Kier molecular flexibility index (Phi) is 4.35. The van der Waals surface area contributed by atoms with E-state index in [4.69, 9.17) is 9.47 Å². The van der Waals surface area contributed by atoms with Crippen molar-refractivity contribution in [1.29, 1.82) is 0 Å². The molecule has 134 valence electrons. The van der Waals surface area contributed by atoms with Gasteiger partial charge in [0.15, 0.2) is 0 Å². The molecule has 3 atom stereocenters. The molecule has 0 aromatic heterocycles. The van der Waals surface area contributed by atoms with Crippen LogP contribution in [-0.4, -0.2) is 35.5 Å². The molecular formula is C20H25NO4. The lowest BCUT2D eigenvalue weighted by molar-refractivity contribution is -0.173. The number of amides is 1. The fourth-order valence-electron chi connectivity index (χ4n) is 3.50. The topological polar surface area (TPSA) is 55.8 Å². The quantitative estimate of drug-likeness (QED) is 0.792. The van der Waals surface area contributed by atoms with Gasteiger partial charge in [0.1, 0.15) is 17.6 Å². The molecule has 0 radical (unpaired) electrons. The van der Waals surface area contributed by atoms with Gasteiger partial charge in [-0.05, 0) is 39.3 Å². The van der Waals surface area contributed by atoms with Gasteiger partial charge in [0.05, 0.1) is 18.2 Å². The summed E-state index contributed by atoms with van der Waals surface area (Å²) < 4.78 is 11.1.